The number of benzene rings is 3. The minimum atomic E-state index is -2.66. The Bertz CT molecular complexity index is 1380. The zero-order valence-corrected chi connectivity index (χ0v) is 24.5. The minimum Gasteiger partial charge on any atom is -0.407 e. The van der Waals surface area contributed by atoms with Gasteiger partial charge < -0.3 is 9.74 Å². The molecule has 0 unspecified atom stereocenters. The van der Waals surface area contributed by atoms with Crippen molar-refractivity contribution in [2.24, 2.45) is 5.92 Å². The molecule has 2 atom stereocenters. The molecule has 4 aromatic rings. The lowest BCUT2D eigenvalue weighted by molar-refractivity contribution is 0.270. The van der Waals surface area contributed by atoms with Crippen LogP contribution in [0.15, 0.2) is 91.1 Å². The molecule has 1 fully saturated rings. The number of halogens is 1. The third kappa shape index (κ3) is 5.28. The molecule has 0 bridgehead atoms. The number of anilines is 1. The normalized spacial score (nSPS) is 19.1. The molecule has 6 heteroatoms. The monoisotopic (exact) mass is 539 g/mol. The summed E-state index contributed by atoms with van der Waals surface area (Å²) in [6.45, 7) is 12.1. The van der Waals surface area contributed by atoms with Crippen molar-refractivity contribution in [2.75, 3.05) is 18.5 Å². The summed E-state index contributed by atoms with van der Waals surface area (Å²) in [5.41, 5.74) is 2.61. The fourth-order valence-corrected chi connectivity index (χ4v) is 10.7. The molecule has 0 spiro atoms. The first kappa shape index (κ1) is 27.2. The summed E-state index contributed by atoms with van der Waals surface area (Å²) in [4.78, 5) is 8.89. The van der Waals surface area contributed by atoms with E-state index in [1.54, 1.807) is 6.07 Å². The van der Waals surface area contributed by atoms with Gasteiger partial charge in [0.25, 0.3) is 8.32 Å². The molecule has 1 saturated carbocycles. The van der Waals surface area contributed by atoms with Crippen molar-refractivity contribution in [3.8, 4) is 0 Å². The summed E-state index contributed by atoms with van der Waals surface area (Å²) >= 11 is 0. The molecule has 1 aliphatic rings. The van der Waals surface area contributed by atoms with E-state index in [1.165, 1.54) is 16.4 Å². The number of aryl methyl sites for hydroxylation is 2. The van der Waals surface area contributed by atoms with Crippen LogP contribution < -0.4 is 15.7 Å². The molecule has 1 N–H and O–H groups in total. The standard InChI is InChI=1S/C33H38FN3OSi/c1-24-31(21-35-25(2)37-24)36-23-33(26-13-12-14-28(34)19-26)20-27(33)22-38-39(32(3,4)5,29-15-8-6-9-16-29)30-17-10-7-11-18-30/h6-19,21,27,36H,20,22-23H2,1-5H3/t27-,33+/m0/s1. The Morgan fingerprint density at radius 3 is 2.15 bits per heavy atom. The van der Waals surface area contributed by atoms with Crippen LogP contribution in [0.2, 0.25) is 5.04 Å². The molecule has 1 heterocycles. The summed E-state index contributed by atoms with van der Waals surface area (Å²) in [6.07, 6.45) is 2.76. The van der Waals surface area contributed by atoms with Crippen molar-refractivity contribution in [1.29, 1.82) is 0 Å². The van der Waals surface area contributed by atoms with Gasteiger partial charge in [-0.1, -0.05) is 93.6 Å². The summed E-state index contributed by atoms with van der Waals surface area (Å²) in [5, 5.41) is 6.03. The van der Waals surface area contributed by atoms with Gasteiger partial charge in [-0.05, 0) is 59.3 Å². The quantitative estimate of drug-likeness (QED) is 0.258. The molecule has 0 aliphatic heterocycles. The zero-order chi connectivity index (χ0) is 27.7. The lowest BCUT2D eigenvalue weighted by Crippen LogP contribution is -2.66. The van der Waals surface area contributed by atoms with Crippen molar-refractivity contribution in [3.63, 3.8) is 0 Å². The molecule has 0 saturated heterocycles. The van der Waals surface area contributed by atoms with Gasteiger partial charge in [0.15, 0.2) is 0 Å². The molecule has 1 aliphatic carbocycles. The molecule has 0 radical (unpaired) electrons. The van der Waals surface area contributed by atoms with E-state index in [2.05, 4.69) is 96.7 Å². The molecule has 0 amide bonds. The van der Waals surface area contributed by atoms with E-state index in [0.29, 0.717) is 13.2 Å². The van der Waals surface area contributed by atoms with Crippen LogP contribution >= 0.6 is 0 Å². The molecule has 39 heavy (non-hydrogen) atoms. The van der Waals surface area contributed by atoms with E-state index in [4.69, 9.17) is 4.43 Å². The number of hydrogen-bond donors (Lipinski definition) is 1. The van der Waals surface area contributed by atoms with Gasteiger partial charge in [-0.15, -0.1) is 0 Å². The van der Waals surface area contributed by atoms with Gasteiger partial charge in [0, 0.05) is 18.6 Å². The highest BCUT2D eigenvalue weighted by Crippen LogP contribution is 2.55. The van der Waals surface area contributed by atoms with Crippen molar-refractivity contribution in [1.82, 2.24) is 9.97 Å². The van der Waals surface area contributed by atoms with Gasteiger partial charge in [0.1, 0.15) is 11.6 Å². The van der Waals surface area contributed by atoms with Gasteiger partial charge in [-0.25, -0.2) is 14.4 Å². The van der Waals surface area contributed by atoms with Crippen LogP contribution in [-0.4, -0.2) is 31.4 Å². The first-order chi connectivity index (χ1) is 18.7. The average molecular weight is 540 g/mol. The molecule has 1 aromatic heterocycles. The number of aromatic nitrogens is 2. The van der Waals surface area contributed by atoms with Gasteiger partial charge in [0.05, 0.1) is 17.6 Å². The predicted octanol–water partition coefficient (Wildman–Crippen LogP) is 6.18. The largest absolute Gasteiger partial charge is 0.407 e. The fraction of sp³-hybridized carbons (Fsp3) is 0.333. The third-order valence-corrected chi connectivity index (χ3v) is 13.2. The maximum absolute atomic E-state index is 14.4. The zero-order valence-electron chi connectivity index (χ0n) is 23.5. The Morgan fingerprint density at radius 2 is 1.59 bits per heavy atom. The van der Waals surface area contributed by atoms with Gasteiger partial charge in [-0.3, -0.25) is 0 Å². The summed E-state index contributed by atoms with van der Waals surface area (Å²) < 4.78 is 21.7. The topological polar surface area (TPSA) is 47.0 Å². The van der Waals surface area contributed by atoms with Crippen LogP contribution in [0.5, 0.6) is 0 Å². The first-order valence-corrected chi connectivity index (χ1v) is 15.6. The Hall–Kier alpha value is -3.35. The maximum Gasteiger partial charge on any atom is 0.261 e. The molecule has 4 nitrogen and oxygen atoms in total. The van der Waals surface area contributed by atoms with E-state index < -0.39 is 8.32 Å². The maximum atomic E-state index is 14.4. The van der Waals surface area contributed by atoms with E-state index >= 15 is 0 Å². The van der Waals surface area contributed by atoms with Crippen LogP contribution in [0, 0.1) is 25.6 Å². The van der Waals surface area contributed by atoms with Crippen molar-refractivity contribution >= 4 is 24.4 Å². The summed E-state index contributed by atoms with van der Waals surface area (Å²) in [6, 6.07) is 28.5. The Kier molecular flexibility index (Phi) is 7.44. The minimum absolute atomic E-state index is 0.0965. The summed E-state index contributed by atoms with van der Waals surface area (Å²) in [5.74, 6) is 0.793. The number of nitrogens with zero attached hydrogens (tertiary/aromatic N) is 2. The van der Waals surface area contributed by atoms with E-state index in [-0.39, 0.29) is 22.2 Å². The highest BCUT2D eigenvalue weighted by Gasteiger charge is 2.58. The van der Waals surface area contributed by atoms with E-state index in [9.17, 15) is 4.39 Å². The Morgan fingerprint density at radius 1 is 0.949 bits per heavy atom. The Balaban J connectivity index is 1.48. The van der Waals surface area contributed by atoms with Gasteiger partial charge in [-0.2, -0.15) is 0 Å². The van der Waals surface area contributed by atoms with E-state index in [1.807, 2.05) is 32.2 Å². The van der Waals surface area contributed by atoms with Crippen LogP contribution in [0.4, 0.5) is 10.1 Å². The average Bonchev–Trinajstić information content (AvgIpc) is 3.63. The van der Waals surface area contributed by atoms with Crippen molar-refractivity contribution < 1.29 is 8.82 Å². The second-order valence-electron chi connectivity index (χ2n) is 11.8. The lowest BCUT2D eigenvalue weighted by Gasteiger charge is -2.43. The molecule has 3 aromatic carbocycles. The van der Waals surface area contributed by atoms with Crippen molar-refractivity contribution in [3.05, 3.63) is 114 Å². The van der Waals surface area contributed by atoms with Gasteiger partial charge >= 0.3 is 0 Å². The van der Waals surface area contributed by atoms with Crippen LogP contribution in [-0.2, 0) is 9.84 Å². The molecular weight excluding hydrogens is 501 g/mol. The summed E-state index contributed by atoms with van der Waals surface area (Å²) in [7, 11) is -2.66. The van der Waals surface area contributed by atoms with E-state index in [0.717, 1.165) is 29.2 Å². The lowest BCUT2D eigenvalue weighted by atomic mass is 9.93. The Labute approximate surface area is 232 Å². The number of hydrogen-bond acceptors (Lipinski definition) is 4. The first-order valence-electron chi connectivity index (χ1n) is 13.7. The fourth-order valence-electron chi connectivity index (χ4n) is 6.07. The number of nitrogens with one attached hydrogen (secondary N) is 1. The highest BCUT2D eigenvalue weighted by atomic mass is 28.4. The number of rotatable bonds is 9. The highest BCUT2D eigenvalue weighted by molar-refractivity contribution is 6.99. The van der Waals surface area contributed by atoms with Crippen LogP contribution in [0.3, 0.4) is 0 Å². The molecule has 202 valence electrons. The molecular formula is C33H38FN3OSi. The van der Waals surface area contributed by atoms with Crippen molar-refractivity contribution in [2.45, 2.75) is 51.5 Å². The third-order valence-electron chi connectivity index (χ3n) is 8.24. The predicted molar refractivity (Wildman–Crippen MR) is 160 cm³/mol. The molecule has 5 rings (SSSR count). The SMILES string of the molecule is Cc1ncc(NC[C@@]2(c3cccc(F)c3)C[C@H]2CO[Si](c2ccccc2)(c2ccccc2)C(C)(C)C)c(C)n1. The van der Waals surface area contributed by atoms with Crippen LogP contribution in [0.1, 0.15) is 44.3 Å². The van der Waals surface area contributed by atoms with Crippen LogP contribution in [0.25, 0.3) is 0 Å². The second kappa shape index (κ2) is 10.7. The van der Waals surface area contributed by atoms with Gasteiger partial charge in [0.2, 0.25) is 0 Å². The second-order valence-corrected chi connectivity index (χ2v) is 16.1. The smallest absolute Gasteiger partial charge is 0.261 e.